The first-order valence-electron chi connectivity index (χ1n) is 15.7. The molecular formula is C33H58N4OS2. The molecule has 0 atom stereocenters. The van der Waals surface area contributed by atoms with E-state index in [0.717, 1.165) is 39.3 Å². The molecule has 0 amide bonds. The summed E-state index contributed by atoms with van der Waals surface area (Å²) in [7, 11) is 0. The first-order chi connectivity index (χ1) is 19.0. The van der Waals surface area contributed by atoms with Crippen LogP contribution in [0.3, 0.4) is 0 Å². The van der Waals surface area contributed by atoms with E-state index >= 15 is 0 Å². The van der Waals surface area contributed by atoms with Crippen molar-refractivity contribution >= 4 is 35.4 Å². The quantitative estimate of drug-likeness (QED) is 0.0953. The fraction of sp³-hybridized carbons (Fsp3) is 0.727. The Kier molecular flexibility index (Phi) is 15.2. The summed E-state index contributed by atoms with van der Waals surface area (Å²) < 4.78 is 2.13. The summed E-state index contributed by atoms with van der Waals surface area (Å²) in [5.41, 5.74) is 5.96. The number of hydrogen-bond donors (Lipinski definition) is 3. The number of unbranched alkanes of at least 4 members (excludes halogenated alkanes) is 10. The number of aromatic hydroxyl groups is 1. The lowest BCUT2D eigenvalue weighted by Crippen LogP contribution is -2.41. The third-order valence-corrected chi connectivity index (χ3v) is 9.06. The van der Waals surface area contributed by atoms with Gasteiger partial charge in [0, 0.05) is 22.6 Å². The molecule has 0 aromatic heterocycles. The molecule has 1 aromatic rings. The van der Waals surface area contributed by atoms with E-state index in [9.17, 15) is 5.11 Å². The second-order valence-corrected chi connectivity index (χ2v) is 15.3. The molecule has 5 nitrogen and oxygen atoms in total. The summed E-state index contributed by atoms with van der Waals surface area (Å²) in [4.78, 5) is 4.96. The first-order valence-corrected chi connectivity index (χ1v) is 17.7. The number of hydrazine groups is 1. The molecule has 0 radical (unpaired) electrons. The molecule has 0 spiro atoms. The van der Waals surface area contributed by atoms with Gasteiger partial charge in [-0.3, -0.25) is 5.43 Å². The number of nitrogens with one attached hydrogen (secondary N) is 2. The van der Waals surface area contributed by atoms with E-state index in [1.807, 2.05) is 23.7 Å². The second-order valence-electron chi connectivity index (χ2n) is 13.1. The lowest BCUT2D eigenvalue weighted by atomic mass is 9.79. The van der Waals surface area contributed by atoms with Gasteiger partial charge < -0.3 is 10.4 Å². The normalized spacial score (nSPS) is 14.2. The fourth-order valence-corrected chi connectivity index (χ4v) is 6.50. The Morgan fingerprint density at radius 1 is 0.775 bits per heavy atom. The Bertz CT molecular complexity index is 912. The second kappa shape index (κ2) is 17.5. The monoisotopic (exact) mass is 590 g/mol. The lowest BCUT2D eigenvalue weighted by molar-refractivity contribution is 0.423. The minimum Gasteiger partial charge on any atom is -0.507 e. The molecule has 1 heterocycles. The lowest BCUT2D eigenvalue weighted by Gasteiger charge is -2.30. The third-order valence-electron chi connectivity index (χ3n) is 7.13. The zero-order valence-corrected chi connectivity index (χ0v) is 28.4. The fourth-order valence-electron chi connectivity index (χ4n) is 4.69. The van der Waals surface area contributed by atoms with Gasteiger partial charge in [-0.05, 0) is 53.5 Å². The number of nitrogens with zero attached hydrogens (tertiary/aromatic N) is 2. The number of aliphatic imine (C=N–C) groups is 1. The molecule has 7 heteroatoms. The van der Waals surface area contributed by atoms with E-state index in [2.05, 4.69) is 88.9 Å². The molecular weight excluding hydrogens is 533 g/mol. The Labute approximate surface area is 254 Å². The van der Waals surface area contributed by atoms with Crippen LogP contribution in [-0.4, -0.2) is 27.0 Å². The van der Waals surface area contributed by atoms with Crippen LogP contribution in [0.5, 0.6) is 5.75 Å². The minimum atomic E-state index is -0.180. The molecule has 228 valence electrons. The molecule has 0 fully saturated rings. The molecule has 0 saturated carbocycles. The van der Waals surface area contributed by atoms with Gasteiger partial charge in [-0.2, -0.15) is 0 Å². The highest BCUT2D eigenvalue weighted by Gasteiger charge is 2.27. The molecule has 0 unspecified atom stereocenters. The maximum Gasteiger partial charge on any atom is 0.221 e. The minimum absolute atomic E-state index is 0.180. The van der Waals surface area contributed by atoms with Crippen molar-refractivity contribution in [2.24, 2.45) is 4.99 Å². The highest BCUT2D eigenvalue weighted by molar-refractivity contribution is 8.03. The summed E-state index contributed by atoms with van der Waals surface area (Å²) in [5.74, 6) is 3.30. The summed E-state index contributed by atoms with van der Waals surface area (Å²) >= 11 is 3.67. The molecule has 0 saturated heterocycles. The number of phenolic OH excluding ortho intramolecular Hbond substituents is 1. The first kappa shape index (κ1) is 34.7. The number of rotatable bonds is 17. The van der Waals surface area contributed by atoms with Crippen molar-refractivity contribution in [3.05, 3.63) is 34.5 Å². The maximum absolute atomic E-state index is 11.2. The summed E-state index contributed by atoms with van der Waals surface area (Å²) in [6.07, 6.45) is 17.8. The van der Waals surface area contributed by atoms with Crippen molar-refractivity contribution in [1.29, 1.82) is 0 Å². The Balaban J connectivity index is 2.14. The predicted molar refractivity (Wildman–Crippen MR) is 181 cm³/mol. The van der Waals surface area contributed by atoms with Gasteiger partial charge in [0.2, 0.25) is 5.96 Å². The predicted octanol–water partition coefficient (Wildman–Crippen LogP) is 10.5. The average Bonchev–Trinajstić information content (AvgIpc) is 2.87. The van der Waals surface area contributed by atoms with Crippen LogP contribution in [-0.2, 0) is 10.8 Å². The smallest absolute Gasteiger partial charge is 0.221 e. The van der Waals surface area contributed by atoms with Gasteiger partial charge in [-0.15, -0.1) is 11.8 Å². The number of thioether (sulfide) groups is 1. The Morgan fingerprint density at radius 2 is 1.27 bits per heavy atom. The number of benzene rings is 1. The van der Waals surface area contributed by atoms with Gasteiger partial charge in [0.1, 0.15) is 10.8 Å². The van der Waals surface area contributed by atoms with Crippen LogP contribution in [0.15, 0.2) is 28.4 Å². The van der Waals surface area contributed by atoms with E-state index in [-0.39, 0.29) is 10.8 Å². The van der Waals surface area contributed by atoms with Crippen molar-refractivity contribution < 1.29 is 5.11 Å². The van der Waals surface area contributed by atoms with Crippen LogP contribution in [0.1, 0.15) is 144 Å². The SMILES string of the molecule is CCCCCCCCSC1=CN(SCCCCCCCC)NC(Nc2cc(C(C)(C)C)c(O)c(C(C)(C)C)c2)=N1. The van der Waals surface area contributed by atoms with Crippen LogP contribution in [0.2, 0.25) is 0 Å². The highest BCUT2D eigenvalue weighted by atomic mass is 32.2. The summed E-state index contributed by atoms with van der Waals surface area (Å²) in [6.45, 7) is 17.4. The van der Waals surface area contributed by atoms with Crippen LogP contribution < -0.4 is 10.7 Å². The number of guanidine groups is 1. The van der Waals surface area contributed by atoms with Gasteiger partial charge in [0.15, 0.2) is 0 Å². The van der Waals surface area contributed by atoms with Crippen molar-refractivity contribution in [1.82, 2.24) is 9.84 Å². The molecule has 1 aliphatic heterocycles. The molecule has 0 aliphatic carbocycles. The Hall–Kier alpha value is -1.47. The van der Waals surface area contributed by atoms with Gasteiger partial charge in [0.05, 0.1) is 6.20 Å². The molecule has 1 aromatic carbocycles. The van der Waals surface area contributed by atoms with Crippen molar-refractivity contribution in [2.45, 2.75) is 143 Å². The average molecular weight is 591 g/mol. The zero-order chi connectivity index (χ0) is 29.6. The van der Waals surface area contributed by atoms with E-state index in [0.29, 0.717) is 5.75 Å². The number of anilines is 1. The highest BCUT2D eigenvalue weighted by Crippen LogP contribution is 2.41. The maximum atomic E-state index is 11.2. The standard InChI is InChI=1S/C33H58N4OS2/c1-9-11-13-15-17-19-21-39-29-25-37(40-22-20-18-16-14-12-10-2)36-31(35-29)34-26-23-27(32(3,4)5)30(38)28(24-26)33(6,7)8/h23-25,38H,9-22H2,1-8H3,(H2,34,35,36). The molecule has 1 aliphatic rings. The van der Waals surface area contributed by atoms with Crippen LogP contribution in [0.25, 0.3) is 0 Å². The largest absolute Gasteiger partial charge is 0.507 e. The topological polar surface area (TPSA) is 59.9 Å². The molecule has 2 rings (SSSR count). The summed E-state index contributed by atoms with van der Waals surface area (Å²) in [5, 5.41) is 15.8. The van der Waals surface area contributed by atoms with Crippen molar-refractivity contribution in [3.8, 4) is 5.75 Å². The van der Waals surface area contributed by atoms with E-state index in [1.54, 1.807) is 0 Å². The van der Waals surface area contributed by atoms with E-state index < -0.39 is 0 Å². The van der Waals surface area contributed by atoms with Crippen LogP contribution in [0.4, 0.5) is 5.69 Å². The van der Waals surface area contributed by atoms with Gasteiger partial charge in [-0.25, -0.2) is 9.41 Å². The van der Waals surface area contributed by atoms with Crippen LogP contribution >= 0.6 is 23.7 Å². The third kappa shape index (κ3) is 12.6. The van der Waals surface area contributed by atoms with Crippen molar-refractivity contribution in [2.75, 3.05) is 16.8 Å². The van der Waals surface area contributed by atoms with Crippen molar-refractivity contribution in [3.63, 3.8) is 0 Å². The van der Waals surface area contributed by atoms with E-state index in [4.69, 9.17) is 4.99 Å². The van der Waals surface area contributed by atoms with Crippen LogP contribution in [0, 0.1) is 0 Å². The van der Waals surface area contributed by atoms with E-state index in [1.165, 1.54) is 77.0 Å². The van der Waals surface area contributed by atoms with Gasteiger partial charge in [0.25, 0.3) is 0 Å². The molecule has 3 N–H and O–H groups in total. The zero-order valence-electron chi connectivity index (χ0n) is 26.8. The van der Waals surface area contributed by atoms with Gasteiger partial charge in [-0.1, -0.05) is 120 Å². The van der Waals surface area contributed by atoms with Gasteiger partial charge >= 0.3 is 0 Å². The Morgan fingerprint density at radius 3 is 1.80 bits per heavy atom. The number of hydrogen-bond acceptors (Lipinski definition) is 7. The number of phenols is 1. The molecule has 40 heavy (non-hydrogen) atoms. The molecule has 0 bridgehead atoms. The summed E-state index contributed by atoms with van der Waals surface area (Å²) in [6, 6.07) is 4.15.